The summed E-state index contributed by atoms with van der Waals surface area (Å²) in [6.07, 6.45) is 2.80. The van der Waals surface area contributed by atoms with Crippen molar-refractivity contribution in [3.63, 3.8) is 0 Å². The van der Waals surface area contributed by atoms with Crippen LogP contribution in [0.5, 0.6) is 0 Å². The minimum atomic E-state index is -0.187. The van der Waals surface area contributed by atoms with Crippen LogP contribution in [0.15, 0.2) is 59.6 Å². The maximum Gasteiger partial charge on any atom is 0.191 e. The van der Waals surface area contributed by atoms with E-state index in [1.165, 1.54) is 11.8 Å². The summed E-state index contributed by atoms with van der Waals surface area (Å²) in [5, 5.41) is 7.10. The Labute approximate surface area is 178 Å². The second kappa shape index (κ2) is 9.47. The lowest BCUT2D eigenvalue weighted by atomic mass is 9.74. The van der Waals surface area contributed by atoms with Crippen molar-refractivity contribution in [1.82, 2.24) is 10.6 Å². The van der Waals surface area contributed by atoms with Crippen molar-refractivity contribution in [3.05, 3.63) is 66.0 Å². The highest BCUT2D eigenvalue weighted by Gasteiger charge is 2.35. The zero-order chi connectivity index (χ0) is 20.8. The number of nitrogens with zero attached hydrogens (tertiary/aromatic N) is 2. The molecule has 0 spiro atoms. The molecule has 2 saturated heterocycles. The lowest BCUT2D eigenvalue weighted by molar-refractivity contribution is 0.0512. The van der Waals surface area contributed by atoms with Gasteiger partial charge in [-0.3, -0.25) is 4.99 Å². The molecule has 0 aliphatic carbocycles. The van der Waals surface area contributed by atoms with Crippen molar-refractivity contribution in [1.29, 1.82) is 0 Å². The van der Waals surface area contributed by atoms with Crippen LogP contribution in [0.3, 0.4) is 0 Å². The first-order chi connectivity index (χ1) is 14.7. The minimum absolute atomic E-state index is 0.149. The minimum Gasteiger partial charge on any atom is -0.381 e. The highest BCUT2D eigenvalue weighted by molar-refractivity contribution is 5.80. The second-order valence-corrected chi connectivity index (χ2v) is 8.24. The van der Waals surface area contributed by atoms with Crippen molar-refractivity contribution in [2.24, 2.45) is 4.99 Å². The van der Waals surface area contributed by atoms with Crippen LogP contribution in [0.25, 0.3) is 0 Å². The molecule has 2 aliphatic rings. The molecule has 2 aromatic carbocycles. The lowest BCUT2D eigenvalue weighted by Gasteiger charge is -2.38. The molecule has 30 heavy (non-hydrogen) atoms. The van der Waals surface area contributed by atoms with Crippen LogP contribution < -0.4 is 15.5 Å². The van der Waals surface area contributed by atoms with Gasteiger partial charge in [0, 0.05) is 57.0 Å². The molecule has 0 amide bonds. The normalized spacial score (nSPS) is 21.5. The number of ether oxygens (including phenoxy) is 1. The molecule has 2 fully saturated rings. The first-order valence-corrected chi connectivity index (χ1v) is 10.8. The fourth-order valence-electron chi connectivity index (χ4n) is 4.54. The number of para-hydroxylation sites is 1. The maximum atomic E-state index is 13.9. The number of hydrogen-bond donors (Lipinski definition) is 2. The average molecular weight is 411 g/mol. The fraction of sp³-hybridized carbons (Fsp3) is 0.458. The largest absolute Gasteiger partial charge is 0.381 e. The first-order valence-electron chi connectivity index (χ1n) is 10.8. The molecule has 6 heteroatoms. The fourth-order valence-corrected chi connectivity index (χ4v) is 4.54. The van der Waals surface area contributed by atoms with E-state index < -0.39 is 0 Å². The van der Waals surface area contributed by atoms with Crippen LogP contribution in [-0.4, -0.2) is 51.9 Å². The molecule has 0 saturated carbocycles. The Morgan fingerprint density at radius 3 is 2.70 bits per heavy atom. The molecule has 2 N–H and O–H groups in total. The predicted octanol–water partition coefficient (Wildman–Crippen LogP) is 3.32. The molecule has 0 aromatic heterocycles. The van der Waals surface area contributed by atoms with E-state index in [1.54, 1.807) is 19.2 Å². The van der Waals surface area contributed by atoms with Crippen molar-refractivity contribution in [2.45, 2.75) is 30.7 Å². The molecule has 0 radical (unpaired) electrons. The van der Waals surface area contributed by atoms with Gasteiger partial charge in [0.2, 0.25) is 0 Å². The van der Waals surface area contributed by atoms with Gasteiger partial charge in [0.15, 0.2) is 5.96 Å². The molecule has 2 heterocycles. The quantitative estimate of drug-likeness (QED) is 0.587. The number of guanidine groups is 1. The first kappa shape index (κ1) is 20.7. The monoisotopic (exact) mass is 410 g/mol. The van der Waals surface area contributed by atoms with E-state index in [0.717, 1.165) is 43.9 Å². The smallest absolute Gasteiger partial charge is 0.191 e. The summed E-state index contributed by atoms with van der Waals surface area (Å²) in [5.41, 5.74) is 2.14. The average Bonchev–Trinajstić information content (AvgIpc) is 3.26. The van der Waals surface area contributed by atoms with Crippen molar-refractivity contribution >= 4 is 11.6 Å². The van der Waals surface area contributed by atoms with Gasteiger partial charge < -0.3 is 20.3 Å². The summed E-state index contributed by atoms with van der Waals surface area (Å²) in [7, 11) is 1.80. The summed E-state index contributed by atoms with van der Waals surface area (Å²) >= 11 is 0. The van der Waals surface area contributed by atoms with Gasteiger partial charge in [0.1, 0.15) is 5.82 Å². The van der Waals surface area contributed by atoms with Crippen LogP contribution in [0, 0.1) is 5.82 Å². The van der Waals surface area contributed by atoms with Gasteiger partial charge in [-0.2, -0.15) is 0 Å². The molecule has 2 aliphatic heterocycles. The summed E-state index contributed by atoms with van der Waals surface area (Å²) in [5.74, 6) is 0.616. The van der Waals surface area contributed by atoms with Crippen LogP contribution in [-0.2, 0) is 10.2 Å². The number of nitrogens with one attached hydrogen (secondary N) is 2. The number of hydrogen-bond acceptors (Lipinski definition) is 3. The van der Waals surface area contributed by atoms with Crippen molar-refractivity contribution in [2.75, 3.05) is 44.8 Å². The number of rotatable bonds is 5. The van der Waals surface area contributed by atoms with Gasteiger partial charge in [-0.05, 0) is 49.1 Å². The zero-order valence-electron chi connectivity index (χ0n) is 17.6. The number of aliphatic imine (C=N–C) groups is 1. The number of halogens is 1. The molecule has 0 bridgehead atoms. The van der Waals surface area contributed by atoms with E-state index in [9.17, 15) is 4.39 Å². The van der Waals surface area contributed by atoms with E-state index >= 15 is 0 Å². The molecular formula is C24H31FN4O. The molecule has 2 aromatic rings. The highest BCUT2D eigenvalue weighted by atomic mass is 19.1. The third kappa shape index (κ3) is 4.75. The molecule has 1 unspecified atom stereocenters. The summed E-state index contributed by atoms with van der Waals surface area (Å²) in [4.78, 5) is 6.85. The Morgan fingerprint density at radius 2 is 1.97 bits per heavy atom. The van der Waals surface area contributed by atoms with Crippen LogP contribution >= 0.6 is 0 Å². The summed E-state index contributed by atoms with van der Waals surface area (Å²) in [6, 6.07) is 17.9. The van der Waals surface area contributed by atoms with Crippen LogP contribution in [0.2, 0.25) is 0 Å². The Balaban J connectivity index is 1.38. The van der Waals surface area contributed by atoms with Gasteiger partial charge in [0.05, 0.1) is 0 Å². The molecule has 5 nitrogen and oxygen atoms in total. The third-order valence-corrected chi connectivity index (χ3v) is 6.36. The Morgan fingerprint density at radius 1 is 1.17 bits per heavy atom. The van der Waals surface area contributed by atoms with Crippen LogP contribution in [0.1, 0.15) is 24.8 Å². The SMILES string of the molecule is CN=C(NCC1(c2cccc(F)c2)CCOCC1)NC1CCN(c2ccccc2)C1. The second-order valence-electron chi connectivity index (χ2n) is 8.24. The summed E-state index contributed by atoms with van der Waals surface area (Å²) in [6.45, 7) is 4.07. The maximum absolute atomic E-state index is 13.9. The number of benzene rings is 2. The van der Waals surface area contributed by atoms with E-state index in [4.69, 9.17) is 4.74 Å². The molecular weight excluding hydrogens is 379 g/mol. The van der Waals surface area contributed by atoms with Crippen molar-refractivity contribution in [3.8, 4) is 0 Å². The van der Waals surface area contributed by atoms with Gasteiger partial charge >= 0.3 is 0 Å². The van der Waals surface area contributed by atoms with E-state index in [1.807, 2.05) is 12.1 Å². The van der Waals surface area contributed by atoms with Crippen molar-refractivity contribution < 1.29 is 9.13 Å². The Kier molecular flexibility index (Phi) is 6.53. The standard InChI is InChI=1S/C24H31FN4O/c1-26-23(28-21-10-13-29(17-21)22-8-3-2-4-9-22)27-18-24(11-14-30-15-12-24)19-6-5-7-20(25)16-19/h2-9,16,21H,10-15,17-18H2,1H3,(H2,26,27,28). The van der Waals surface area contributed by atoms with Crippen LogP contribution in [0.4, 0.5) is 10.1 Å². The van der Waals surface area contributed by atoms with Gasteiger partial charge in [-0.25, -0.2) is 4.39 Å². The topological polar surface area (TPSA) is 48.9 Å². The third-order valence-electron chi connectivity index (χ3n) is 6.36. The Hall–Kier alpha value is -2.60. The lowest BCUT2D eigenvalue weighted by Crippen LogP contribution is -2.50. The molecule has 160 valence electrons. The Bertz CT molecular complexity index is 851. The van der Waals surface area contributed by atoms with E-state index in [2.05, 4.69) is 44.8 Å². The predicted molar refractivity (Wildman–Crippen MR) is 120 cm³/mol. The molecule has 1 atom stereocenters. The van der Waals surface area contributed by atoms with E-state index in [-0.39, 0.29) is 11.2 Å². The van der Waals surface area contributed by atoms with E-state index in [0.29, 0.717) is 25.8 Å². The van der Waals surface area contributed by atoms with Gasteiger partial charge in [-0.15, -0.1) is 0 Å². The zero-order valence-corrected chi connectivity index (χ0v) is 17.6. The molecule has 4 rings (SSSR count). The number of anilines is 1. The van der Waals surface area contributed by atoms with Gasteiger partial charge in [-0.1, -0.05) is 30.3 Å². The van der Waals surface area contributed by atoms with Gasteiger partial charge in [0.25, 0.3) is 0 Å². The highest BCUT2D eigenvalue weighted by Crippen LogP contribution is 2.34. The summed E-state index contributed by atoms with van der Waals surface area (Å²) < 4.78 is 19.5.